The first-order valence-electron chi connectivity index (χ1n) is 8.02. The Morgan fingerprint density at radius 1 is 1.10 bits per heavy atom. The maximum absolute atomic E-state index is 9.93. The molecule has 0 aromatic heterocycles. The van der Waals surface area contributed by atoms with Crippen LogP contribution >= 0.6 is 0 Å². The molecule has 0 heterocycles. The molecular formula is C18H30O3. The zero-order chi connectivity index (χ0) is 15.8. The SMILES string of the molecule is CCCC(O)C(O)CCc1ccc(OCC(C)C)cc1C. The number of aliphatic hydroxyl groups excluding tert-OH is 2. The van der Waals surface area contributed by atoms with Crippen LogP contribution in [0.1, 0.15) is 51.2 Å². The van der Waals surface area contributed by atoms with E-state index < -0.39 is 12.2 Å². The molecule has 2 unspecified atom stereocenters. The lowest BCUT2D eigenvalue weighted by Gasteiger charge is -2.18. The Morgan fingerprint density at radius 2 is 1.76 bits per heavy atom. The van der Waals surface area contributed by atoms with Crippen molar-refractivity contribution in [1.29, 1.82) is 0 Å². The Hall–Kier alpha value is -1.06. The predicted octanol–water partition coefficient (Wildman–Crippen LogP) is 3.48. The monoisotopic (exact) mass is 294 g/mol. The maximum Gasteiger partial charge on any atom is 0.119 e. The highest BCUT2D eigenvalue weighted by Gasteiger charge is 2.15. The number of aliphatic hydroxyl groups is 2. The number of ether oxygens (including phenoxy) is 1. The van der Waals surface area contributed by atoms with Crippen LogP contribution in [0, 0.1) is 12.8 Å². The van der Waals surface area contributed by atoms with Crippen LogP contribution in [0.5, 0.6) is 5.75 Å². The molecule has 21 heavy (non-hydrogen) atoms. The van der Waals surface area contributed by atoms with Crippen molar-refractivity contribution >= 4 is 0 Å². The summed E-state index contributed by atoms with van der Waals surface area (Å²) in [5, 5.41) is 19.7. The molecule has 0 spiro atoms. The fourth-order valence-corrected chi connectivity index (χ4v) is 2.29. The second-order valence-electron chi connectivity index (χ2n) is 6.26. The second-order valence-corrected chi connectivity index (χ2v) is 6.26. The molecule has 2 N–H and O–H groups in total. The number of benzene rings is 1. The van der Waals surface area contributed by atoms with Gasteiger partial charge in [0, 0.05) is 0 Å². The third-order valence-corrected chi connectivity index (χ3v) is 3.64. The van der Waals surface area contributed by atoms with E-state index in [0.29, 0.717) is 18.8 Å². The van der Waals surface area contributed by atoms with Crippen LogP contribution in [0.15, 0.2) is 18.2 Å². The minimum absolute atomic E-state index is 0.514. The number of rotatable bonds is 9. The van der Waals surface area contributed by atoms with E-state index in [4.69, 9.17) is 4.74 Å². The average molecular weight is 294 g/mol. The van der Waals surface area contributed by atoms with Gasteiger partial charge in [0.2, 0.25) is 0 Å². The Balaban J connectivity index is 2.52. The second kappa shape index (κ2) is 9.06. The highest BCUT2D eigenvalue weighted by Crippen LogP contribution is 2.20. The molecule has 0 fully saturated rings. The van der Waals surface area contributed by atoms with E-state index in [1.807, 2.05) is 19.1 Å². The van der Waals surface area contributed by atoms with Crippen LogP contribution in [-0.4, -0.2) is 29.0 Å². The molecule has 0 aliphatic rings. The third-order valence-electron chi connectivity index (χ3n) is 3.64. The normalized spacial score (nSPS) is 14.2. The van der Waals surface area contributed by atoms with E-state index in [9.17, 15) is 10.2 Å². The molecule has 1 aromatic carbocycles. The number of hydrogen-bond acceptors (Lipinski definition) is 3. The molecule has 0 radical (unpaired) electrons. The lowest BCUT2D eigenvalue weighted by atomic mass is 9.98. The van der Waals surface area contributed by atoms with Gasteiger partial charge in [-0.25, -0.2) is 0 Å². The van der Waals surface area contributed by atoms with Crippen molar-refractivity contribution in [1.82, 2.24) is 0 Å². The van der Waals surface area contributed by atoms with Gasteiger partial charge in [0.15, 0.2) is 0 Å². The first kappa shape index (κ1) is 18.0. The summed E-state index contributed by atoms with van der Waals surface area (Å²) >= 11 is 0. The molecule has 1 aromatic rings. The van der Waals surface area contributed by atoms with Gasteiger partial charge >= 0.3 is 0 Å². The highest BCUT2D eigenvalue weighted by molar-refractivity contribution is 5.34. The first-order chi connectivity index (χ1) is 9.93. The maximum atomic E-state index is 9.93. The van der Waals surface area contributed by atoms with Crippen LogP contribution in [-0.2, 0) is 6.42 Å². The van der Waals surface area contributed by atoms with Gasteiger partial charge in [-0.1, -0.05) is 33.3 Å². The van der Waals surface area contributed by atoms with Crippen LogP contribution in [0.25, 0.3) is 0 Å². The van der Waals surface area contributed by atoms with Crippen molar-refractivity contribution < 1.29 is 14.9 Å². The standard InChI is InChI=1S/C18H30O3/c1-5-6-17(19)18(20)10-8-15-7-9-16(11-14(15)4)21-12-13(2)3/h7,9,11,13,17-20H,5-6,8,10,12H2,1-4H3. The van der Waals surface area contributed by atoms with Crippen molar-refractivity contribution in [2.75, 3.05) is 6.61 Å². The van der Waals surface area contributed by atoms with Crippen molar-refractivity contribution in [2.24, 2.45) is 5.92 Å². The quantitative estimate of drug-likeness (QED) is 0.733. The molecule has 2 atom stereocenters. The summed E-state index contributed by atoms with van der Waals surface area (Å²) in [6.07, 6.45) is 1.67. The summed E-state index contributed by atoms with van der Waals surface area (Å²) in [4.78, 5) is 0. The van der Waals surface area contributed by atoms with E-state index in [1.165, 1.54) is 11.1 Å². The Bertz CT molecular complexity index is 415. The third kappa shape index (κ3) is 6.49. The predicted molar refractivity (Wildman–Crippen MR) is 86.8 cm³/mol. The molecule has 120 valence electrons. The van der Waals surface area contributed by atoms with Gasteiger partial charge in [-0.3, -0.25) is 0 Å². The topological polar surface area (TPSA) is 49.7 Å². The van der Waals surface area contributed by atoms with Crippen LogP contribution < -0.4 is 4.74 Å². The van der Waals surface area contributed by atoms with E-state index >= 15 is 0 Å². The zero-order valence-corrected chi connectivity index (χ0v) is 13.8. The summed E-state index contributed by atoms with van der Waals surface area (Å²) in [5.74, 6) is 1.41. The molecule has 0 saturated heterocycles. The highest BCUT2D eigenvalue weighted by atomic mass is 16.5. The molecule has 0 bridgehead atoms. The van der Waals surface area contributed by atoms with Crippen LogP contribution in [0.4, 0.5) is 0 Å². The van der Waals surface area contributed by atoms with Gasteiger partial charge in [-0.15, -0.1) is 0 Å². The molecule has 0 amide bonds. The molecule has 1 rings (SSSR count). The number of aryl methyl sites for hydroxylation is 2. The Labute approximate surface area is 129 Å². The minimum atomic E-state index is -0.638. The molecule has 0 saturated carbocycles. The van der Waals surface area contributed by atoms with Gasteiger partial charge in [-0.2, -0.15) is 0 Å². The summed E-state index contributed by atoms with van der Waals surface area (Å²) in [6.45, 7) is 9.05. The smallest absolute Gasteiger partial charge is 0.119 e. The molecule has 0 aliphatic heterocycles. The lowest BCUT2D eigenvalue weighted by Crippen LogP contribution is -2.26. The van der Waals surface area contributed by atoms with Gasteiger partial charge < -0.3 is 14.9 Å². The van der Waals surface area contributed by atoms with Gasteiger partial charge in [-0.05, 0) is 55.4 Å². The minimum Gasteiger partial charge on any atom is -0.493 e. The van der Waals surface area contributed by atoms with E-state index in [1.54, 1.807) is 0 Å². The van der Waals surface area contributed by atoms with E-state index in [0.717, 1.165) is 25.2 Å². The van der Waals surface area contributed by atoms with Gasteiger partial charge in [0.1, 0.15) is 5.75 Å². The molecule has 3 heteroatoms. The summed E-state index contributed by atoms with van der Waals surface area (Å²) in [5.41, 5.74) is 2.38. The molecule has 3 nitrogen and oxygen atoms in total. The summed E-state index contributed by atoms with van der Waals surface area (Å²) in [6, 6.07) is 6.09. The molecular weight excluding hydrogens is 264 g/mol. The number of hydrogen-bond donors (Lipinski definition) is 2. The molecule has 0 aliphatic carbocycles. The average Bonchev–Trinajstić information content (AvgIpc) is 2.44. The van der Waals surface area contributed by atoms with Gasteiger partial charge in [0.25, 0.3) is 0 Å². The van der Waals surface area contributed by atoms with Crippen molar-refractivity contribution in [3.63, 3.8) is 0 Å². The largest absolute Gasteiger partial charge is 0.493 e. The fraction of sp³-hybridized carbons (Fsp3) is 0.667. The Kier molecular flexibility index (Phi) is 7.76. The first-order valence-corrected chi connectivity index (χ1v) is 8.02. The van der Waals surface area contributed by atoms with Crippen LogP contribution in [0.3, 0.4) is 0 Å². The van der Waals surface area contributed by atoms with Crippen LogP contribution in [0.2, 0.25) is 0 Å². The van der Waals surface area contributed by atoms with E-state index in [-0.39, 0.29) is 0 Å². The van der Waals surface area contributed by atoms with Crippen molar-refractivity contribution in [2.45, 2.75) is 65.6 Å². The summed E-state index contributed by atoms with van der Waals surface area (Å²) in [7, 11) is 0. The van der Waals surface area contributed by atoms with E-state index in [2.05, 4.69) is 26.8 Å². The fourth-order valence-electron chi connectivity index (χ4n) is 2.29. The van der Waals surface area contributed by atoms with Crippen molar-refractivity contribution in [3.8, 4) is 5.75 Å². The van der Waals surface area contributed by atoms with Crippen molar-refractivity contribution in [3.05, 3.63) is 29.3 Å². The lowest BCUT2D eigenvalue weighted by molar-refractivity contribution is 0.00979. The Morgan fingerprint density at radius 3 is 2.33 bits per heavy atom. The zero-order valence-electron chi connectivity index (χ0n) is 13.8. The van der Waals surface area contributed by atoms with Gasteiger partial charge in [0.05, 0.1) is 18.8 Å². The summed E-state index contributed by atoms with van der Waals surface area (Å²) < 4.78 is 5.71.